The first-order valence-corrected chi connectivity index (χ1v) is 11.1. The number of anilines is 1. The molecule has 2 aliphatic rings. The van der Waals surface area contributed by atoms with Gasteiger partial charge in [0.25, 0.3) is 0 Å². The van der Waals surface area contributed by atoms with Gasteiger partial charge < -0.3 is 20.0 Å². The van der Waals surface area contributed by atoms with Crippen LogP contribution in [0.1, 0.15) is 44.3 Å². The number of hydrogen-bond acceptors (Lipinski definition) is 4. The molecule has 3 heterocycles. The summed E-state index contributed by atoms with van der Waals surface area (Å²) in [4.78, 5) is 7.35. The summed E-state index contributed by atoms with van der Waals surface area (Å²) in [6.45, 7) is 2.98. The van der Waals surface area contributed by atoms with Gasteiger partial charge in [0.2, 0.25) is 0 Å². The molecular weight excluding hydrogens is 483 g/mol. The maximum Gasteiger partial charge on any atom is 0.191 e. The van der Waals surface area contributed by atoms with Crippen molar-refractivity contribution in [2.45, 2.75) is 57.0 Å². The van der Waals surface area contributed by atoms with Gasteiger partial charge in [-0.25, -0.2) is 0 Å². The molecule has 0 unspecified atom stereocenters. The largest absolute Gasteiger partial charge is 0.469 e. The number of aliphatic imine (C=N–C) groups is 1. The average Bonchev–Trinajstić information content (AvgIpc) is 3.46. The Kier molecular flexibility index (Phi) is 8.51. The zero-order chi connectivity index (χ0) is 18.3. The molecule has 0 bridgehead atoms. The maximum atomic E-state index is 5.43. The minimum absolute atomic E-state index is 0. The number of nitrogens with one attached hydrogen (secondary N) is 2. The van der Waals surface area contributed by atoms with Gasteiger partial charge in [0, 0.05) is 38.1 Å². The van der Waals surface area contributed by atoms with Crippen LogP contribution in [-0.2, 0) is 6.42 Å². The summed E-state index contributed by atoms with van der Waals surface area (Å²) in [6, 6.07) is 9.40. The van der Waals surface area contributed by atoms with Crippen molar-refractivity contribution in [2.24, 2.45) is 4.99 Å². The van der Waals surface area contributed by atoms with Crippen LogP contribution in [0, 0.1) is 0 Å². The van der Waals surface area contributed by atoms with Gasteiger partial charge in [0.05, 0.1) is 11.3 Å². The second-order valence-electron chi connectivity index (χ2n) is 7.54. The van der Waals surface area contributed by atoms with E-state index in [1.807, 2.05) is 23.5 Å². The normalized spacial score (nSPS) is 18.9. The Morgan fingerprint density at radius 2 is 1.82 bits per heavy atom. The Hall–Kier alpha value is -1.22. The first-order chi connectivity index (χ1) is 13.4. The van der Waals surface area contributed by atoms with Crippen LogP contribution in [0.25, 0.3) is 0 Å². The van der Waals surface area contributed by atoms with Crippen molar-refractivity contribution in [1.82, 2.24) is 10.6 Å². The predicted molar refractivity (Wildman–Crippen MR) is 128 cm³/mol. The number of nitrogens with zero attached hydrogens (tertiary/aromatic N) is 2. The van der Waals surface area contributed by atoms with Gasteiger partial charge in [-0.1, -0.05) is 12.8 Å². The van der Waals surface area contributed by atoms with E-state index < -0.39 is 0 Å². The molecule has 1 saturated carbocycles. The second kappa shape index (κ2) is 11.1. The quantitative estimate of drug-likeness (QED) is 0.335. The molecule has 1 saturated heterocycles. The molecule has 2 aromatic heterocycles. The van der Waals surface area contributed by atoms with Gasteiger partial charge in [-0.2, -0.15) is 0 Å². The van der Waals surface area contributed by atoms with Crippen molar-refractivity contribution < 1.29 is 4.42 Å². The topological polar surface area (TPSA) is 52.8 Å². The molecule has 2 aromatic rings. The van der Waals surface area contributed by atoms with Crippen LogP contribution in [0.3, 0.4) is 0 Å². The summed E-state index contributed by atoms with van der Waals surface area (Å²) in [5.74, 6) is 1.99. The van der Waals surface area contributed by atoms with E-state index in [9.17, 15) is 0 Å². The number of piperidine rings is 1. The van der Waals surface area contributed by atoms with Crippen LogP contribution >= 0.6 is 35.3 Å². The lowest BCUT2D eigenvalue weighted by molar-refractivity contribution is 0.457. The van der Waals surface area contributed by atoms with E-state index in [1.54, 1.807) is 6.26 Å². The van der Waals surface area contributed by atoms with Crippen LogP contribution in [0.2, 0.25) is 0 Å². The third-order valence-electron chi connectivity index (χ3n) is 5.56. The predicted octanol–water partition coefficient (Wildman–Crippen LogP) is 4.65. The van der Waals surface area contributed by atoms with Gasteiger partial charge in [-0.3, -0.25) is 4.99 Å². The van der Waals surface area contributed by atoms with Crippen LogP contribution in [0.5, 0.6) is 0 Å². The minimum Gasteiger partial charge on any atom is -0.469 e. The maximum absolute atomic E-state index is 5.43. The lowest BCUT2D eigenvalue weighted by atomic mass is 10.1. The Bertz CT molecular complexity index is 690. The molecule has 2 fully saturated rings. The summed E-state index contributed by atoms with van der Waals surface area (Å²) in [6.07, 6.45) is 10.1. The third-order valence-corrected chi connectivity index (χ3v) is 6.49. The van der Waals surface area contributed by atoms with Crippen molar-refractivity contribution in [2.75, 3.05) is 24.5 Å². The molecule has 28 heavy (non-hydrogen) atoms. The highest BCUT2D eigenvalue weighted by atomic mass is 127. The molecule has 2 N–H and O–H groups in total. The molecule has 154 valence electrons. The SMILES string of the molecule is I.c1coc(CCN=C(NC2CCCC2)NC2CCN(c3cccs3)CC2)c1. The zero-order valence-electron chi connectivity index (χ0n) is 16.3. The molecule has 1 aliphatic heterocycles. The molecule has 0 radical (unpaired) electrons. The van der Waals surface area contributed by atoms with E-state index in [4.69, 9.17) is 9.41 Å². The highest BCUT2D eigenvalue weighted by Crippen LogP contribution is 2.25. The first-order valence-electron chi connectivity index (χ1n) is 10.3. The number of halogens is 1. The molecule has 1 aliphatic carbocycles. The number of thiophene rings is 1. The Morgan fingerprint density at radius 1 is 1.07 bits per heavy atom. The van der Waals surface area contributed by atoms with Crippen LogP contribution < -0.4 is 15.5 Å². The van der Waals surface area contributed by atoms with Crippen LogP contribution in [0.15, 0.2) is 45.3 Å². The summed E-state index contributed by atoms with van der Waals surface area (Å²) in [7, 11) is 0. The smallest absolute Gasteiger partial charge is 0.191 e. The van der Waals surface area contributed by atoms with Gasteiger partial charge in [0.15, 0.2) is 5.96 Å². The number of rotatable bonds is 6. The standard InChI is InChI=1S/C21H30N4OS.HI/c1-2-6-17(5-1)23-21(22-12-9-19-7-3-15-26-19)24-18-10-13-25(14-11-18)20-8-4-16-27-20;/h3-4,7-8,15-18H,1-2,5-6,9-14H2,(H2,22,23,24);1H. The average molecular weight is 514 g/mol. The minimum atomic E-state index is 0. The van der Waals surface area contributed by atoms with Gasteiger partial charge in [0.1, 0.15) is 5.76 Å². The van der Waals surface area contributed by atoms with Gasteiger partial charge in [-0.15, -0.1) is 35.3 Å². The molecule has 5 nitrogen and oxygen atoms in total. The molecule has 0 aromatic carbocycles. The molecular formula is C21H31IN4OS. The molecule has 4 rings (SSSR count). The monoisotopic (exact) mass is 514 g/mol. The Morgan fingerprint density at radius 3 is 2.46 bits per heavy atom. The second-order valence-corrected chi connectivity index (χ2v) is 8.47. The molecule has 0 amide bonds. The van der Waals surface area contributed by atoms with Crippen molar-refractivity contribution in [3.63, 3.8) is 0 Å². The van der Waals surface area contributed by atoms with Crippen molar-refractivity contribution in [1.29, 1.82) is 0 Å². The van der Waals surface area contributed by atoms with E-state index in [2.05, 4.69) is 33.0 Å². The Labute approximate surface area is 189 Å². The summed E-state index contributed by atoms with van der Waals surface area (Å²) >= 11 is 1.84. The van der Waals surface area contributed by atoms with Crippen LogP contribution in [0.4, 0.5) is 5.00 Å². The zero-order valence-corrected chi connectivity index (χ0v) is 19.5. The van der Waals surface area contributed by atoms with E-state index in [1.165, 1.54) is 30.7 Å². The van der Waals surface area contributed by atoms with E-state index >= 15 is 0 Å². The number of hydrogen-bond donors (Lipinski definition) is 2. The van der Waals surface area contributed by atoms with Crippen molar-refractivity contribution >= 4 is 46.3 Å². The summed E-state index contributed by atoms with van der Waals surface area (Å²) < 4.78 is 5.43. The lowest BCUT2D eigenvalue weighted by Gasteiger charge is -2.34. The van der Waals surface area contributed by atoms with Crippen molar-refractivity contribution in [3.8, 4) is 0 Å². The number of guanidine groups is 1. The molecule has 7 heteroatoms. The van der Waals surface area contributed by atoms with Crippen LogP contribution in [-0.4, -0.2) is 37.7 Å². The third kappa shape index (κ3) is 6.14. The summed E-state index contributed by atoms with van der Waals surface area (Å²) in [5.41, 5.74) is 0. The van der Waals surface area contributed by atoms with E-state index in [0.29, 0.717) is 12.1 Å². The van der Waals surface area contributed by atoms with Crippen molar-refractivity contribution in [3.05, 3.63) is 41.7 Å². The first kappa shape index (κ1) is 21.5. The van der Waals surface area contributed by atoms with Gasteiger partial charge in [-0.05, 0) is 55.3 Å². The van der Waals surface area contributed by atoms with E-state index in [0.717, 1.165) is 50.6 Å². The fourth-order valence-electron chi connectivity index (χ4n) is 4.02. The lowest BCUT2D eigenvalue weighted by Crippen LogP contribution is -2.50. The highest BCUT2D eigenvalue weighted by molar-refractivity contribution is 14.0. The summed E-state index contributed by atoms with van der Waals surface area (Å²) in [5, 5.41) is 10.9. The fraction of sp³-hybridized carbons (Fsp3) is 0.571. The van der Waals surface area contributed by atoms with Gasteiger partial charge >= 0.3 is 0 Å². The van der Waals surface area contributed by atoms with E-state index in [-0.39, 0.29) is 24.0 Å². The Balaban J connectivity index is 0.00000225. The molecule has 0 atom stereocenters. The highest BCUT2D eigenvalue weighted by Gasteiger charge is 2.22. The number of furan rings is 1. The fourth-order valence-corrected chi connectivity index (χ4v) is 4.80. The molecule has 0 spiro atoms.